The van der Waals surface area contributed by atoms with Crippen LogP contribution in [0.3, 0.4) is 0 Å². The lowest BCUT2D eigenvalue weighted by Gasteiger charge is -2.14. The van der Waals surface area contributed by atoms with Gasteiger partial charge in [0.25, 0.3) is 5.92 Å². The predicted molar refractivity (Wildman–Crippen MR) is 35.3 cm³/mol. The molecule has 0 bridgehead atoms. The third kappa shape index (κ3) is 0.967. The average Bonchev–Trinajstić information content (AvgIpc) is 2.39. The van der Waals surface area contributed by atoms with Crippen molar-refractivity contribution in [3.05, 3.63) is 0 Å². The highest BCUT2D eigenvalue weighted by Gasteiger charge is 2.56. The molecule has 3 atom stereocenters. The quantitative estimate of drug-likeness (QED) is 0.516. The molecule has 0 amide bonds. The van der Waals surface area contributed by atoms with Crippen LogP contribution in [0.2, 0.25) is 0 Å². The summed E-state index contributed by atoms with van der Waals surface area (Å²) >= 11 is 0. The zero-order valence-corrected chi connectivity index (χ0v) is 6.19. The number of hydrogen-bond acceptors (Lipinski definition) is 0. The lowest BCUT2D eigenvalue weighted by Crippen LogP contribution is -2.26. The molecule has 2 rings (SSSR count). The summed E-state index contributed by atoms with van der Waals surface area (Å²) in [7, 11) is 0. The Labute approximate surface area is 63.8 Å². The second-order valence-electron chi connectivity index (χ2n) is 3.72. The maximum absolute atomic E-state index is 12.9. The first kappa shape index (κ1) is 7.44. The molecule has 11 heavy (non-hydrogen) atoms. The van der Waals surface area contributed by atoms with Crippen LogP contribution < -0.4 is 0 Å². The molecule has 0 aromatic heterocycles. The van der Waals surface area contributed by atoms with Crippen LogP contribution in [0.15, 0.2) is 0 Å². The van der Waals surface area contributed by atoms with Gasteiger partial charge in [-0.3, -0.25) is 0 Å². The minimum atomic E-state index is -3.02. The van der Waals surface area contributed by atoms with Crippen molar-refractivity contribution in [2.75, 3.05) is 0 Å². The molecule has 2 unspecified atom stereocenters. The Balaban J connectivity index is 2.17. The van der Waals surface area contributed by atoms with Crippen molar-refractivity contribution in [1.82, 2.24) is 0 Å². The summed E-state index contributed by atoms with van der Waals surface area (Å²) in [4.78, 5) is 0. The van der Waals surface area contributed by atoms with E-state index in [1.807, 2.05) is 0 Å². The molecule has 64 valence electrons. The van der Waals surface area contributed by atoms with Gasteiger partial charge in [-0.15, -0.1) is 0 Å². The lowest BCUT2D eigenvalue weighted by atomic mass is 10.0. The van der Waals surface area contributed by atoms with Crippen LogP contribution in [-0.4, -0.2) is 12.1 Å². The molecule has 0 aliphatic heterocycles. The third-order valence-corrected chi connectivity index (χ3v) is 3.03. The van der Waals surface area contributed by atoms with E-state index >= 15 is 0 Å². The topological polar surface area (TPSA) is 0 Å². The van der Waals surface area contributed by atoms with E-state index in [1.165, 1.54) is 0 Å². The van der Waals surface area contributed by atoms with Gasteiger partial charge in [-0.2, -0.15) is 0 Å². The molecule has 0 nitrogen and oxygen atoms in total. The van der Waals surface area contributed by atoms with E-state index in [-0.39, 0.29) is 18.3 Å². The Hall–Kier alpha value is -0.210. The Morgan fingerprint density at radius 2 is 1.91 bits per heavy atom. The standard InChI is InChI=1S/C8H11F3/c9-7-6-3-1-2-5(6)4-8(7,10)11/h5-7H,1-4H2/t5?,6?,7-/m1/s1. The van der Waals surface area contributed by atoms with Crippen molar-refractivity contribution in [3.63, 3.8) is 0 Å². The van der Waals surface area contributed by atoms with Gasteiger partial charge in [0.15, 0.2) is 6.17 Å². The Bertz CT molecular complexity index is 167. The van der Waals surface area contributed by atoms with Crippen LogP contribution >= 0.6 is 0 Å². The Morgan fingerprint density at radius 1 is 1.18 bits per heavy atom. The smallest absolute Gasteiger partial charge is 0.241 e. The van der Waals surface area contributed by atoms with Crippen LogP contribution in [-0.2, 0) is 0 Å². The summed E-state index contributed by atoms with van der Waals surface area (Å²) in [5.74, 6) is -3.37. The van der Waals surface area contributed by atoms with E-state index in [1.54, 1.807) is 0 Å². The van der Waals surface area contributed by atoms with E-state index in [2.05, 4.69) is 0 Å². The Morgan fingerprint density at radius 3 is 2.55 bits per heavy atom. The van der Waals surface area contributed by atoms with Gasteiger partial charge in [-0.1, -0.05) is 6.42 Å². The Kier molecular flexibility index (Phi) is 1.45. The zero-order valence-electron chi connectivity index (χ0n) is 6.19. The van der Waals surface area contributed by atoms with Gasteiger partial charge in [0, 0.05) is 6.42 Å². The number of alkyl halides is 3. The molecule has 0 aromatic carbocycles. The van der Waals surface area contributed by atoms with Gasteiger partial charge in [-0.05, 0) is 24.7 Å². The highest BCUT2D eigenvalue weighted by Crippen LogP contribution is 2.52. The maximum atomic E-state index is 12.9. The predicted octanol–water partition coefficient (Wildman–Crippen LogP) is 2.78. The second-order valence-corrected chi connectivity index (χ2v) is 3.72. The molecule has 0 N–H and O–H groups in total. The average molecular weight is 164 g/mol. The fraction of sp³-hybridized carbons (Fsp3) is 1.00. The lowest BCUT2D eigenvalue weighted by molar-refractivity contribution is -0.0621. The van der Waals surface area contributed by atoms with Crippen LogP contribution in [0, 0.1) is 11.8 Å². The molecule has 3 heteroatoms. The first-order valence-corrected chi connectivity index (χ1v) is 4.13. The summed E-state index contributed by atoms with van der Waals surface area (Å²) < 4.78 is 38.3. The van der Waals surface area contributed by atoms with E-state index in [4.69, 9.17) is 0 Å². The molecule has 0 aromatic rings. The van der Waals surface area contributed by atoms with Gasteiger partial charge in [0.2, 0.25) is 0 Å². The maximum Gasteiger partial charge on any atom is 0.279 e. The van der Waals surface area contributed by atoms with E-state index in [9.17, 15) is 13.2 Å². The molecule has 2 aliphatic carbocycles. The first-order valence-electron chi connectivity index (χ1n) is 4.13. The van der Waals surface area contributed by atoms with Crippen LogP contribution in [0.1, 0.15) is 25.7 Å². The molecule has 2 fully saturated rings. The van der Waals surface area contributed by atoms with Crippen molar-refractivity contribution < 1.29 is 13.2 Å². The van der Waals surface area contributed by atoms with Crippen molar-refractivity contribution in [3.8, 4) is 0 Å². The molecule has 0 saturated heterocycles. The summed E-state index contributed by atoms with van der Waals surface area (Å²) in [5, 5.41) is 0. The highest BCUT2D eigenvalue weighted by atomic mass is 19.3. The third-order valence-electron chi connectivity index (χ3n) is 3.03. The highest BCUT2D eigenvalue weighted by molar-refractivity contribution is 4.99. The number of rotatable bonds is 0. The zero-order chi connectivity index (χ0) is 8.06. The summed E-state index contributed by atoms with van der Waals surface area (Å²) in [5.41, 5.74) is 0. The van der Waals surface area contributed by atoms with Crippen molar-refractivity contribution in [2.45, 2.75) is 37.8 Å². The number of hydrogen-bond donors (Lipinski definition) is 0. The summed E-state index contributed by atoms with van der Waals surface area (Å²) in [6.45, 7) is 0. The second kappa shape index (κ2) is 2.14. The van der Waals surface area contributed by atoms with Gasteiger partial charge in [0.05, 0.1) is 0 Å². The SMILES string of the molecule is F[C@@H]1C2CCCC2CC1(F)F. The van der Waals surface area contributed by atoms with E-state index in [0.717, 1.165) is 12.8 Å². The van der Waals surface area contributed by atoms with Crippen molar-refractivity contribution in [2.24, 2.45) is 11.8 Å². The largest absolute Gasteiger partial charge is 0.279 e. The summed E-state index contributed by atoms with van der Waals surface area (Å²) in [6, 6.07) is 0. The van der Waals surface area contributed by atoms with E-state index < -0.39 is 12.1 Å². The van der Waals surface area contributed by atoms with Gasteiger partial charge >= 0.3 is 0 Å². The van der Waals surface area contributed by atoms with Gasteiger partial charge < -0.3 is 0 Å². The van der Waals surface area contributed by atoms with Crippen LogP contribution in [0.25, 0.3) is 0 Å². The van der Waals surface area contributed by atoms with Gasteiger partial charge in [-0.25, -0.2) is 13.2 Å². The molecule has 2 aliphatic rings. The minimum absolute atomic E-state index is 0.0278. The molecule has 0 spiro atoms. The molecule has 0 heterocycles. The normalized spacial score (nSPS) is 47.7. The van der Waals surface area contributed by atoms with E-state index in [0.29, 0.717) is 6.42 Å². The molecule has 2 saturated carbocycles. The fourth-order valence-electron chi connectivity index (χ4n) is 2.48. The van der Waals surface area contributed by atoms with Crippen LogP contribution in [0.4, 0.5) is 13.2 Å². The molecule has 0 radical (unpaired) electrons. The fourth-order valence-corrected chi connectivity index (χ4v) is 2.48. The van der Waals surface area contributed by atoms with Crippen molar-refractivity contribution in [1.29, 1.82) is 0 Å². The van der Waals surface area contributed by atoms with Gasteiger partial charge in [0.1, 0.15) is 0 Å². The summed E-state index contributed by atoms with van der Waals surface area (Å²) in [6.07, 6.45) is 0.349. The number of halogens is 3. The molecular formula is C8H11F3. The first-order chi connectivity index (χ1) is 5.11. The van der Waals surface area contributed by atoms with Crippen LogP contribution in [0.5, 0.6) is 0 Å². The monoisotopic (exact) mass is 164 g/mol. The van der Waals surface area contributed by atoms with Crippen molar-refractivity contribution >= 4 is 0 Å². The minimum Gasteiger partial charge on any atom is -0.241 e. The molecular weight excluding hydrogens is 153 g/mol. The number of fused-ring (bicyclic) bond motifs is 1.